The van der Waals surface area contributed by atoms with Gasteiger partial charge in [0.1, 0.15) is 11.6 Å². The van der Waals surface area contributed by atoms with E-state index in [1.807, 2.05) is 48.5 Å². The largest absolute Gasteiger partial charge is 0.274 e. The first kappa shape index (κ1) is 26.1. The summed E-state index contributed by atoms with van der Waals surface area (Å²) in [6.45, 7) is 4.38. The van der Waals surface area contributed by atoms with Gasteiger partial charge in [-0.1, -0.05) is 73.4 Å². The van der Waals surface area contributed by atoms with Gasteiger partial charge in [0, 0.05) is 32.9 Å². The van der Waals surface area contributed by atoms with Gasteiger partial charge in [0.15, 0.2) is 10.3 Å². The minimum Gasteiger partial charge on any atom is -0.274 e. The van der Waals surface area contributed by atoms with Crippen LogP contribution in [0.5, 0.6) is 0 Å². The molecule has 0 bridgehead atoms. The van der Waals surface area contributed by atoms with E-state index in [4.69, 9.17) is 23.2 Å². The molecule has 2 aromatic carbocycles. The molecular weight excluding hydrogens is 519 g/mol. The zero-order valence-corrected chi connectivity index (χ0v) is 23.0. The van der Waals surface area contributed by atoms with E-state index in [0.29, 0.717) is 16.5 Å². The third-order valence-electron chi connectivity index (χ3n) is 5.34. The molecule has 4 aromatic rings. The summed E-state index contributed by atoms with van der Waals surface area (Å²) in [6, 6.07) is 15.5. The standard InChI is InChI=1S/C25H28Cl2N6S2/c1-3-5-15-34-24-30-28-22(32(24)20-11-7-18(26)8-12-20)17-23-29-31-25(35-16-6-4-2)33(23)21-13-9-19(27)10-14-21/h7-14H,3-6,15-17H2,1-2H3. The fourth-order valence-electron chi connectivity index (χ4n) is 3.47. The van der Waals surface area contributed by atoms with Crippen molar-refractivity contribution in [1.29, 1.82) is 0 Å². The van der Waals surface area contributed by atoms with E-state index < -0.39 is 0 Å². The molecule has 2 heterocycles. The van der Waals surface area contributed by atoms with Crippen molar-refractivity contribution in [2.45, 2.75) is 56.3 Å². The van der Waals surface area contributed by atoms with E-state index in [-0.39, 0.29) is 0 Å². The van der Waals surface area contributed by atoms with Gasteiger partial charge in [-0.25, -0.2) is 0 Å². The molecule has 2 aromatic heterocycles. The predicted molar refractivity (Wildman–Crippen MR) is 147 cm³/mol. The van der Waals surface area contributed by atoms with Crippen LogP contribution in [0.3, 0.4) is 0 Å². The molecule has 0 amide bonds. The van der Waals surface area contributed by atoms with Crippen molar-refractivity contribution in [2.75, 3.05) is 11.5 Å². The summed E-state index contributed by atoms with van der Waals surface area (Å²) in [6.07, 6.45) is 5.00. The maximum absolute atomic E-state index is 6.16. The third kappa shape index (κ3) is 6.61. The third-order valence-corrected chi connectivity index (χ3v) is 7.88. The zero-order valence-electron chi connectivity index (χ0n) is 19.8. The first-order valence-corrected chi connectivity index (χ1v) is 14.5. The molecule has 0 fully saturated rings. The van der Waals surface area contributed by atoms with Crippen molar-refractivity contribution in [3.63, 3.8) is 0 Å². The summed E-state index contributed by atoms with van der Waals surface area (Å²) >= 11 is 15.8. The van der Waals surface area contributed by atoms with E-state index in [1.54, 1.807) is 23.5 Å². The lowest BCUT2D eigenvalue weighted by Crippen LogP contribution is -2.09. The molecule has 6 nitrogen and oxygen atoms in total. The van der Waals surface area contributed by atoms with Crippen molar-refractivity contribution >= 4 is 46.7 Å². The van der Waals surface area contributed by atoms with Crippen molar-refractivity contribution in [3.05, 3.63) is 70.2 Å². The smallest absolute Gasteiger partial charge is 0.195 e. The topological polar surface area (TPSA) is 61.4 Å². The molecule has 0 saturated heterocycles. The highest BCUT2D eigenvalue weighted by atomic mass is 35.5. The second-order valence-corrected chi connectivity index (χ2v) is 11.0. The molecular formula is C25H28Cl2N6S2. The predicted octanol–water partition coefficient (Wildman–Crippen LogP) is 7.53. The lowest BCUT2D eigenvalue weighted by Gasteiger charge is -2.12. The van der Waals surface area contributed by atoms with Gasteiger partial charge in [-0.2, -0.15) is 0 Å². The molecule has 0 N–H and O–H groups in total. The molecule has 10 heteroatoms. The minimum absolute atomic E-state index is 0.480. The van der Waals surface area contributed by atoms with Crippen LogP contribution >= 0.6 is 46.7 Å². The monoisotopic (exact) mass is 546 g/mol. The van der Waals surface area contributed by atoms with Gasteiger partial charge < -0.3 is 0 Å². The highest BCUT2D eigenvalue weighted by Gasteiger charge is 2.20. The van der Waals surface area contributed by atoms with Gasteiger partial charge in [0.25, 0.3) is 0 Å². The van der Waals surface area contributed by atoms with Crippen molar-refractivity contribution in [3.8, 4) is 11.4 Å². The highest BCUT2D eigenvalue weighted by Crippen LogP contribution is 2.28. The SMILES string of the molecule is CCCCSc1nnc(Cc2nnc(SCCCC)n2-c2ccc(Cl)cc2)n1-c1ccc(Cl)cc1. The summed E-state index contributed by atoms with van der Waals surface area (Å²) in [5, 5.41) is 21.3. The number of hydrogen-bond acceptors (Lipinski definition) is 6. The first-order chi connectivity index (χ1) is 17.1. The second kappa shape index (κ2) is 12.8. The van der Waals surface area contributed by atoms with E-state index in [9.17, 15) is 0 Å². The second-order valence-electron chi connectivity index (χ2n) is 8.00. The Morgan fingerprint density at radius 2 is 1.03 bits per heavy atom. The van der Waals surface area contributed by atoms with E-state index in [0.717, 1.165) is 70.5 Å². The van der Waals surface area contributed by atoms with E-state index in [1.165, 1.54) is 0 Å². The normalized spacial score (nSPS) is 11.3. The van der Waals surface area contributed by atoms with Crippen LogP contribution < -0.4 is 0 Å². The van der Waals surface area contributed by atoms with Gasteiger partial charge in [-0.15, -0.1) is 20.4 Å². The van der Waals surface area contributed by atoms with Crippen LogP contribution in [-0.4, -0.2) is 41.0 Å². The summed E-state index contributed by atoms with van der Waals surface area (Å²) in [4.78, 5) is 0. The number of aromatic nitrogens is 6. The summed E-state index contributed by atoms with van der Waals surface area (Å²) in [5.74, 6) is 3.58. The molecule has 0 atom stereocenters. The van der Waals surface area contributed by atoms with Crippen molar-refractivity contribution < 1.29 is 0 Å². The maximum atomic E-state index is 6.16. The van der Waals surface area contributed by atoms with Crippen LogP contribution in [0.25, 0.3) is 11.4 Å². The van der Waals surface area contributed by atoms with Gasteiger partial charge in [-0.3, -0.25) is 9.13 Å². The molecule has 0 spiro atoms. The summed E-state index contributed by atoms with van der Waals surface area (Å²) in [7, 11) is 0. The Balaban J connectivity index is 1.72. The Hall–Kier alpha value is -2.00. The lowest BCUT2D eigenvalue weighted by atomic mass is 10.3. The summed E-state index contributed by atoms with van der Waals surface area (Å²) < 4.78 is 4.20. The molecule has 0 aliphatic carbocycles. The quantitative estimate of drug-likeness (QED) is 0.135. The van der Waals surface area contributed by atoms with Crippen LogP contribution in [0.4, 0.5) is 0 Å². The Labute approximate surface area is 224 Å². The maximum Gasteiger partial charge on any atom is 0.195 e. The average Bonchev–Trinajstić information content (AvgIpc) is 3.45. The Morgan fingerprint density at radius 3 is 1.40 bits per heavy atom. The molecule has 0 radical (unpaired) electrons. The molecule has 184 valence electrons. The summed E-state index contributed by atoms with van der Waals surface area (Å²) in [5.41, 5.74) is 1.95. The number of halogens is 2. The number of thioether (sulfide) groups is 2. The van der Waals surface area contributed by atoms with Gasteiger partial charge in [0.05, 0.1) is 6.42 Å². The molecule has 4 rings (SSSR count). The number of unbranched alkanes of at least 4 members (excludes halogenated alkanes) is 2. The highest BCUT2D eigenvalue weighted by molar-refractivity contribution is 7.99. The number of nitrogens with zero attached hydrogens (tertiary/aromatic N) is 6. The lowest BCUT2D eigenvalue weighted by molar-refractivity contribution is 0.790. The van der Waals surface area contributed by atoms with Gasteiger partial charge >= 0.3 is 0 Å². The fraction of sp³-hybridized carbons (Fsp3) is 0.360. The Kier molecular flexibility index (Phi) is 9.54. The average molecular weight is 548 g/mol. The van der Waals surface area contributed by atoms with Crippen LogP contribution in [0.2, 0.25) is 10.0 Å². The van der Waals surface area contributed by atoms with Gasteiger partial charge in [0.2, 0.25) is 0 Å². The zero-order chi connectivity index (χ0) is 24.6. The van der Waals surface area contributed by atoms with Crippen molar-refractivity contribution in [2.24, 2.45) is 0 Å². The molecule has 0 aliphatic heterocycles. The molecule has 0 unspecified atom stereocenters. The van der Waals surface area contributed by atoms with Crippen LogP contribution in [-0.2, 0) is 6.42 Å². The number of rotatable bonds is 12. The Bertz CT molecular complexity index is 1130. The van der Waals surface area contributed by atoms with Crippen LogP contribution in [0.1, 0.15) is 51.2 Å². The number of hydrogen-bond donors (Lipinski definition) is 0. The minimum atomic E-state index is 0.480. The molecule has 0 saturated carbocycles. The Morgan fingerprint density at radius 1 is 0.629 bits per heavy atom. The number of benzene rings is 2. The van der Waals surface area contributed by atoms with E-state index >= 15 is 0 Å². The van der Waals surface area contributed by atoms with Crippen LogP contribution in [0, 0.1) is 0 Å². The first-order valence-electron chi connectivity index (χ1n) is 11.8. The molecule has 0 aliphatic rings. The molecule has 35 heavy (non-hydrogen) atoms. The van der Waals surface area contributed by atoms with Gasteiger partial charge in [-0.05, 0) is 61.4 Å². The van der Waals surface area contributed by atoms with Crippen LogP contribution in [0.15, 0.2) is 58.8 Å². The van der Waals surface area contributed by atoms with E-state index in [2.05, 4.69) is 43.4 Å². The van der Waals surface area contributed by atoms with Crippen molar-refractivity contribution in [1.82, 2.24) is 29.5 Å². The fourth-order valence-corrected chi connectivity index (χ4v) is 5.83.